The molecule has 0 fully saturated rings. The standard InChI is InChI=1S/C17H20O2/c1-3-13-8-10-14(11-9-13)17(18)15-6-5-7-16(12-15)19-4-2/h5-12,17-18H,3-4H2,1-2H3. The van der Waals surface area contributed by atoms with Gasteiger partial charge in [-0.15, -0.1) is 0 Å². The van der Waals surface area contributed by atoms with Gasteiger partial charge in [0.05, 0.1) is 6.61 Å². The molecule has 100 valence electrons. The third-order valence-electron chi connectivity index (χ3n) is 3.19. The molecule has 2 aromatic carbocycles. The van der Waals surface area contributed by atoms with Crippen LogP contribution >= 0.6 is 0 Å². The normalized spacial score (nSPS) is 12.2. The van der Waals surface area contributed by atoms with Gasteiger partial charge in [0, 0.05) is 0 Å². The SMILES string of the molecule is CCOc1cccc(C(O)c2ccc(CC)cc2)c1. The molecule has 0 bridgehead atoms. The van der Waals surface area contributed by atoms with Gasteiger partial charge in [-0.25, -0.2) is 0 Å². The minimum Gasteiger partial charge on any atom is -0.494 e. The third-order valence-corrected chi connectivity index (χ3v) is 3.19. The smallest absolute Gasteiger partial charge is 0.119 e. The molecule has 0 radical (unpaired) electrons. The fourth-order valence-corrected chi connectivity index (χ4v) is 2.07. The Morgan fingerprint density at radius 3 is 2.37 bits per heavy atom. The molecule has 0 saturated heterocycles. The van der Waals surface area contributed by atoms with Crippen LogP contribution < -0.4 is 4.74 Å². The van der Waals surface area contributed by atoms with Crippen molar-refractivity contribution in [3.8, 4) is 5.75 Å². The maximum Gasteiger partial charge on any atom is 0.119 e. The van der Waals surface area contributed by atoms with Gasteiger partial charge in [-0.2, -0.15) is 0 Å². The molecule has 0 saturated carbocycles. The average molecular weight is 256 g/mol. The van der Waals surface area contributed by atoms with Crippen LogP contribution in [0.5, 0.6) is 5.75 Å². The molecule has 1 N–H and O–H groups in total. The predicted molar refractivity (Wildman–Crippen MR) is 77.5 cm³/mol. The summed E-state index contributed by atoms with van der Waals surface area (Å²) < 4.78 is 5.46. The Kier molecular flexibility index (Phi) is 4.58. The molecule has 0 aliphatic carbocycles. The van der Waals surface area contributed by atoms with E-state index in [2.05, 4.69) is 19.1 Å². The Bertz CT molecular complexity index is 517. The lowest BCUT2D eigenvalue weighted by atomic mass is 10.00. The summed E-state index contributed by atoms with van der Waals surface area (Å²) in [6, 6.07) is 15.7. The lowest BCUT2D eigenvalue weighted by Crippen LogP contribution is -2.01. The Balaban J connectivity index is 2.22. The van der Waals surface area contributed by atoms with Crippen molar-refractivity contribution in [3.63, 3.8) is 0 Å². The van der Waals surface area contributed by atoms with Crippen LogP contribution in [-0.2, 0) is 6.42 Å². The zero-order chi connectivity index (χ0) is 13.7. The van der Waals surface area contributed by atoms with Gasteiger partial charge < -0.3 is 9.84 Å². The number of hydrogen-bond donors (Lipinski definition) is 1. The minimum absolute atomic E-state index is 0.605. The predicted octanol–water partition coefficient (Wildman–Crippen LogP) is 3.73. The molecule has 0 spiro atoms. The molecule has 2 nitrogen and oxygen atoms in total. The summed E-state index contributed by atoms with van der Waals surface area (Å²) in [6.07, 6.45) is 0.405. The third kappa shape index (κ3) is 3.36. The van der Waals surface area contributed by atoms with Crippen molar-refractivity contribution in [2.24, 2.45) is 0 Å². The van der Waals surface area contributed by atoms with Crippen LogP contribution in [0.25, 0.3) is 0 Å². The Labute approximate surface area is 114 Å². The number of benzene rings is 2. The summed E-state index contributed by atoms with van der Waals surface area (Å²) in [6.45, 7) is 4.70. The summed E-state index contributed by atoms with van der Waals surface area (Å²) >= 11 is 0. The van der Waals surface area contributed by atoms with E-state index in [9.17, 15) is 5.11 Å². The van der Waals surface area contributed by atoms with Gasteiger partial charge in [0.1, 0.15) is 11.9 Å². The van der Waals surface area contributed by atoms with Gasteiger partial charge in [-0.3, -0.25) is 0 Å². The van der Waals surface area contributed by atoms with E-state index in [1.54, 1.807) is 0 Å². The maximum absolute atomic E-state index is 10.4. The summed E-state index contributed by atoms with van der Waals surface area (Å²) in [5, 5.41) is 10.4. The molecule has 1 atom stereocenters. The van der Waals surface area contributed by atoms with Gasteiger partial charge in [0.2, 0.25) is 0 Å². The van der Waals surface area contributed by atoms with Crippen molar-refractivity contribution in [1.29, 1.82) is 0 Å². The topological polar surface area (TPSA) is 29.5 Å². The second-order valence-corrected chi connectivity index (χ2v) is 4.50. The van der Waals surface area contributed by atoms with Crippen molar-refractivity contribution in [2.75, 3.05) is 6.61 Å². The Morgan fingerprint density at radius 2 is 1.74 bits per heavy atom. The number of hydrogen-bond acceptors (Lipinski definition) is 2. The highest BCUT2D eigenvalue weighted by molar-refractivity contribution is 5.36. The van der Waals surface area contributed by atoms with E-state index >= 15 is 0 Å². The van der Waals surface area contributed by atoms with Crippen molar-refractivity contribution >= 4 is 0 Å². The fraction of sp³-hybridized carbons (Fsp3) is 0.294. The van der Waals surface area contributed by atoms with E-state index in [0.717, 1.165) is 23.3 Å². The summed E-state index contributed by atoms with van der Waals surface area (Å²) in [7, 11) is 0. The molecule has 2 aromatic rings. The largest absolute Gasteiger partial charge is 0.494 e. The van der Waals surface area contributed by atoms with Crippen molar-refractivity contribution in [2.45, 2.75) is 26.4 Å². The molecule has 0 heterocycles. The van der Waals surface area contributed by atoms with Crippen molar-refractivity contribution < 1.29 is 9.84 Å². The van der Waals surface area contributed by atoms with Crippen molar-refractivity contribution in [1.82, 2.24) is 0 Å². The van der Waals surface area contributed by atoms with Gasteiger partial charge in [0.15, 0.2) is 0 Å². The number of aliphatic hydroxyl groups is 1. The van der Waals surface area contributed by atoms with Crippen LogP contribution in [0.4, 0.5) is 0 Å². The number of rotatable bonds is 5. The zero-order valence-corrected chi connectivity index (χ0v) is 11.5. The lowest BCUT2D eigenvalue weighted by molar-refractivity contribution is 0.219. The van der Waals surface area contributed by atoms with Gasteiger partial charge in [-0.05, 0) is 42.2 Å². The van der Waals surface area contributed by atoms with Crippen LogP contribution in [-0.4, -0.2) is 11.7 Å². The first-order valence-electron chi connectivity index (χ1n) is 6.74. The van der Waals surface area contributed by atoms with E-state index in [1.807, 2.05) is 43.3 Å². The first-order chi connectivity index (χ1) is 9.24. The number of ether oxygens (including phenoxy) is 1. The molecule has 0 amide bonds. The van der Waals surface area contributed by atoms with Crippen LogP contribution in [0.1, 0.15) is 36.6 Å². The highest BCUT2D eigenvalue weighted by atomic mass is 16.5. The van der Waals surface area contributed by atoms with Crippen molar-refractivity contribution in [3.05, 3.63) is 65.2 Å². The number of aliphatic hydroxyl groups excluding tert-OH is 1. The molecule has 2 rings (SSSR count). The van der Waals surface area contributed by atoms with Crippen LogP contribution in [0.15, 0.2) is 48.5 Å². The second-order valence-electron chi connectivity index (χ2n) is 4.50. The second kappa shape index (κ2) is 6.39. The molecule has 19 heavy (non-hydrogen) atoms. The van der Waals surface area contributed by atoms with Crippen LogP contribution in [0, 0.1) is 0 Å². The van der Waals surface area contributed by atoms with E-state index in [-0.39, 0.29) is 0 Å². The monoisotopic (exact) mass is 256 g/mol. The van der Waals surface area contributed by atoms with E-state index in [0.29, 0.717) is 6.61 Å². The van der Waals surface area contributed by atoms with E-state index < -0.39 is 6.10 Å². The quantitative estimate of drug-likeness (QED) is 0.883. The molecule has 0 aliphatic heterocycles. The lowest BCUT2D eigenvalue weighted by Gasteiger charge is -2.13. The first kappa shape index (κ1) is 13.6. The number of aryl methyl sites for hydroxylation is 1. The molecular weight excluding hydrogens is 236 g/mol. The maximum atomic E-state index is 10.4. The summed E-state index contributed by atoms with van der Waals surface area (Å²) in [4.78, 5) is 0. The average Bonchev–Trinajstić information content (AvgIpc) is 2.47. The fourth-order valence-electron chi connectivity index (χ4n) is 2.07. The minimum atomic E-state index is -0.605. The molecule has 0 aliphatic rings. The molecule has 0 aromatic heterocycles. The zero-order valence-electron chi connectivity index (χ0n) is 11.5. The first-order valence-corrected chi connectivity index (χ1v) is 6.74. The molecule has 1 unspecified atom stereocenters. The molecule has 2 heteroatoms. The Morgan fingerprint density at radius 1 is 1.00 bits per heavy atom. The highest BCUT2D eigenvalue weighted by Crippen LogP contribution is 2.25. The van der Waals surface area contributed by atoms with Crippen LogP contribution in [0.3, 0.4) is 0 Å². The highest BCUT2D eigenvalue weighted by Gasteiger charge is 2.10. The van der Waals surface area contributed by atoms with Gasteiger partial charge >= 0.3 is 0 Å². The Hall–Kier alpha value is -1.80. The van der Waals surface area contributed by atoms with Gasteiger partial charge in [-0.1, -0.05) is 43.3 Å². The van der Waals surface area contributed by atoms with E-state index in [4.69, 9.17) is 4.74 Å². The molecular formula is C17H20O2. The van der Waals surface area contributed by atoms with Gasteiger partial charge in [0.25, 0.3) is 0 Å². The summed E-state index contributed by atoms with van der Waals surface area (Å²) in [5.41, 5.74) is 3.04. The summed E-state index contributed by atoms with van der Waals surface area (Å²) in [5.74, 6) is 0.796. The van der Waals surface area contributed by atoms with Crippen LogP contribution in [0.2, 0.25) is 0 Å². The van der Waals surface area contributed by atoms with E-state index in [1.165, 1.54) is 5.56 Å².